The lowest BCUT2D eigenvalue weighted by atomic mass is 10.2. The van der Waals surface area contributed by atoms with Gasteiger partial charge in [0.25, 0.3) is 0 Å². The number of nitrogens with zero attached hydrogens (tertiary/aromatic N) is 1. The lowest BCUT2D eigenvalue weighted by Gasteiger charge is -2.23. The molecule has 2 rings (SSSR count). The van der Waals surface area contributed by atoms with E-state index in [0.29, 0.717) is 23.7 Å². The molecule has 1 heterocycles. The highest BCUT2D eigenvalue weighted by atomic mass is 35.5. The summed E-state index contributed by atoms with van der Waals surface area (Å²) in [5.41, 5.74) is 6.18. The smallest absolute Gasteiger partial charge is 0.243 e. The number of rotatable bonds is 3. The zero-order valence-electron chi connectivity index (χ0n) is 9.84. The third-order valence-corrected chi connectivity index (χ3v) is 5.13. The molecule has 0 saturated carbocycles. The maximum atomic E-state index is 12.4. The van der Waals surface area contributed by atoms with Crippen LogP contribution in [0.3, 0.4) is 0 Å². The first-order valence-corrected chi connectivity index (χ1v) is 7.51. The fourth-order valence-electron chi connectivity index (χ4n) is 1.86. The van der Waals surface area contributed by atoms with Crippen LogP contribution < -0.4 is 5.73 Å². The normalized spacial score (nSPS) is 17.0. The number of hydrogen-bond acceptors (Lipinski definition) is 3. The Morgan fingerprint density at radius 2 is 2.11 bits per heavy atom. The van der Waals surface area contributed by atoms with Crippen molar-refractivity contribution < 1.29 is 8.42 Å². The molecule has 1 aliphatic heterocycles. The lowest BCUT2D eigenvalue weighted by Crippen LogP contribution is -2.33. The van der Waals surface area contributed by atoms with Gasteiger partial charge in [-0.15, -0.1) is 0 Å². The van der Waals surface area contributed by atoms with Crippen molar-refractivity contribution in [1.29, 1.82) is 0 Å². The van der Waals surface area contributed by atoms with Crippen molar-refractivity contribution in [1.82, 2.24) is 4.31 Å². The number of nitrogens with two attached hydrogens (primary N) is 1. The predicted octanol–water partition coefficient (Wildman–Crippen LogP) is 1.75. The van der Waals surface area contributed by atoms with Crippen molar-refractivity contribution in [3.05, 3.63) is 40.9 Å². The van der Waals surface area contributed by atoms with Crippen LogP contribution >= 0.6 is 11.6 Å². The second-order valence-electron chi connectivity index (χ2n) is 4.08. The third kappa shape index (κ3) is 2.59. The Labute approximate surface area is 112 Å². The van der Waals surface area contributed by atoms with Gasteiger partial charge in [-0.1, -0.05) is 23.8 Å². The van der Waals surface area contributed by atoms with Crippen LogP contribution in [-0.4, -0.2) is 25.8 Å². The molecule has 0 amide bonds. The molecule has 0 unspecified atom stereocenters. The SMILES string of the molecule is NCc1cc(S(=O)(=O)N2CC=CCC2)ccc1Cl. The molecule has 0 aromatic heterocycles. The zero-order valence-corrected chi connectivity index (χ0v) is 11.4. The number of halogens is 1. The van der Waals surface area contributed by atoms with Gasteiger partial charge >= 0.3 is 0 Å². The Bertz CT molecular complexity index is 569. The Morgan fingerprint density at radius 3 is 2.72 bits per heavy atom. The summed E-state index contributed by atoms with van der Waals surface area (Å²) in [6.07, 6.45) is 4.59. The maximum absolute atomic E-state index is 12.4. The number of hydrogen-bond donors (Lipinski definition) is 1. The van der Waals surface area contributed by atoms with Gasteiger partial charge in [-0.25, -0.2) is 8.42 Å². The molecule has 0 spiro atoms. The van der Waals surface area contributed by atoms with Crippen molar-refractivity contribution in [3.8, 4) is 0 Å². The van der Waals surface area contributed by atoms with Crippen LogP contribution in [0, 0.1) is 0 Å². The van der Waals surface area contributed by atoms with Gasteiger partial charge in [0.05, 0.1) is 4.90 Å². The molecule has 2 N–H and O–H groups in total. The molecule has 0 aliphatic carbocycles. The van der Waals surface area contributed by atoms with E-state index >= 15 is 0 Å². The Morgan fingerprint density at radius 1 is 1.33 bits per heavy atom. The first-order valence-electron chi connectivity index (χ1n) is 5.69. The molecule has 0 saturated heterocycles. The van der Waals surface area contributed by atoms with Crippen LogP contribution in [-0.2, 0) is 16.6 Å². The van der Waals surface area contributed by atoms with Crippen molar-refractivity contribution in [2.75, 3.05) is 13.1 Å². The van der Waals surface area contributed by atoms with E-state index < -0.39 is 10.0 Å². The fourth-order valence-corrected chi connectivity index (χ4v) is 3.51. The van der Waals surface area contributed by atoms with Crippen molar-refractivity contribution in [2.45, 2.75) is 17.9 Å². The summed E-state index contributed by atoms with van der Waals surface area (Å²) >= 11 is 5.93. The third-order valence-electron chi connectivity index (χ3n) is 2.90. The second-order valence-corrected chi connectivity index (χ2v) is 6.43. The summed E-state index contributed by atoms with van der Waals surface area (Å²) in [6, 6.07) is 4.65. The maximum Gasteiger partial charge on any atom is 0.243 e. The largest absolute Gasteiger partial charge is 0.326 e. The van der Waals surface area contributed by atoms with Gasteiger partial charge < -0.3 is 5.73 Å². The minimum absolute atomic E-state index is 0.224. The summed E-state index contributed by atoms with van der Waals surface area (Å²) in [4.78, 5) is 0.252. The topological polar surface area (TPSA) is 63.4 Å². The fraction of sp³-hybridized carbons (Fsp3) is 0.333. The molecule has 1 aromatic carbocycles. The van der Waals surface area contributed by atoms with Gasteiger partial charge in [0.15, 0.2) is 0 Å². The highest BCUT2D eigenvalue weighted by Gasteiger charge is 2.24. The molecule has 18 heavy (non-hydrogen) atoms. The van der Waals surface area contributed by atoms with Crippen molar-refractivity contribution >= 4 is 21.6 Å². The van der Waals surface area contributed by atoms with E-state index in [1.54, 1.807) is 12.1 Å². The summed E-state index contributed by atoms with van der Waals surface area (Å²) < 4.78 is 26.2. The molecular formula is C12H15ClN2O2S. The second kappa shape index (κ2) is 5.40. The zero-order chi connectivity index (χ0) is 13.2. The van der Waals surface area contributed by atoms with Crippen LogP contribution in [0.15, 0.2) is 35.2 Å². The predicted molar refractivity (Wildman–Crippen MR) is 71.9 cm³/mol. The highest BCUT2D eigenvalue weighted by molar-refractivity contribution is 7.89. The first kappa shape index (κ1) is 13.5. The summed E-state index contributed by atoms with van der Waals surface area (Å²) in [5.74, 6) is 0. The van der Waals surface area contributed by atoms with Crippen molar-refractivity contribution in [2.24, 2.45) is 5.73 Å². The summed E-state index contributed by atoms with van der Waals surface area (Å²) in [7, 11) is -3.44. The Kier molecular flexibility index (Phi) is 4.07. The standard InChI is InChI=1S/C12H15ClN2O2S/c13-12-5-4-11(8-10(12)9-14)18(16,17)15-6-2-1-3-7-15/h1-2,4-5,8H,3,6-7,9,14H2. The van der Waals surface area contributed by atoms with E-state index in [2.05, 4.69) is 0 Å². The van der Waals surface area contributed by atoms with Crippen LogP contribution in [0.1, 0.15) is 12.0 Å². The van der Waals surface area contributed by atoms with E-state index in [1.165, 1.54) is 10.4 Å². The molecule has 0 fully saturated rings. The van der Waals surface area contributed by atoms with E-state index in [4.69, 9.17) is 17.3 Å². The van der Waals surface area contributed by atoms with Crippen LogP contribution in [0.5, 0.6) is 0 Å². The van der Waals surface area contributed by atoms with E-state index in [0.717, 1.165) is 6.42 Å². The van der Waals surface area contributed by atoms with Gasteiger partial charge in [0.1, 0.15) is 0 Å². The van der Waals surface area contributed by atoms with Gasteiger partial charge in [0, 0.05) is 24.7 Å². The monoisotopic (exact) mass is 286 g/mol. The first-order chi connectivity index (χ1) is 8.55. The van der Waals surface area contributed by atoms with Crippen molar-refractivity contribution in [3.63, 3.8) is 0 Å². The quantitative estimate of drug-likeness (QED) is 0.861. The molecule has 98 valence electrons. The molecule has 0 atom stereocenters. The van der Waals surface area contributed by atoms with Crippen LogP contribution in [0.4, 0.5) is 0 Å². The molecule has 6 heteroatoms. The van der Waals surface area contributed by atoms with Gasteiger partial charge in [-0.05, 0) is 30.2 Å². The van der Waals surface area contributed by atoms with E-state index in [-0.39, 0.29) is 11.4 Å². The number of sulfonamides is 1. The van der Waals surface area contributed by atoms with Crippen LogP contribution in [0.25, 0.3) is 0 Å². The van der Waals surface area contributed by atoms with Gasteiger partial charge in [-0.3, -0.25) is 0 Å². The van der Waals surface area contributed by atoms with E-state index in [9.17, 15) is 8.42 Å². The van der Waals surface area contributed by atoms with Crippen LogP contribution in [0.2, 0.25) is 5.02 Å². The minimum Gasteiger partial charge on any atom is -0.326 e. The van der Waals surface area contributed by atoms with Gasteiger partial charge in [0.2, 0.25) is 10.0 Å². The molecule has 0 bridgehead atoms. The summed E-state index contributed by atoms with van der Waals surface area (Å²) in [5, 5.41) is 0.495. The molecule has 0 radical (unpaired) electrons. The summed E-state index contributed by atoms with van der Waals surface area (Å²) in [6.45, 7) is 1.16. The minimum atomic E-state index is -3.44. The average Bonchev–Trinajstić information content (AvgIpc) is 2.40. The highest BCUT2D eigenvalue weighted by Crippen LogP contribution is 2.23. The molecule has 1 aromatic rings. The molecular weight excluding hydrogens is 272 g/mol. The van der Waals surface area contributed by atoms with E-state index in [1.807, 2.05) is 12.2 Å². The average molecular weight is 287 g/mol. The van der Waals surface area contributed by atoms with Gasteiger partial charge in [-0.2, -0.15) is 4.31 Å². The Hall–Kier alpha value is -0.880. The number of benzene rings is 1. The molecule has 4 nitrogen and oxygen atoms in total. The lowest BCUT2D eigenvalue weighted by molar-refractivity contribution is 0.437. The molecule has 1 aliphatic rings. The Balaban J connectivity index is 2.38.